The lowest BCUT2D eigenvalue weighted by molar-refractivity contribution is 0.101. The second-order valence-corrected chi connectivity index (χ2v) is 3.64. The van der Waals surface area contributed by atoms with E-state index in [1.807, 2.05) is 37.8 Å². The Morgan fingerprint density at radius 3 is 2.79 bits per heavy atom. The van der Waals surface area contributed by atoms with Crippen LogP contribution in [0.1, 0.15) is 26.3 Å². The Labute approximate surface area is 85.0 Å². The van der Waals surface area contributed by atoms with E-state index >= 15 is 0 Å². The van der Waals surface area contributed by atoms with E-state index in [0.717, 1.165) is 12.1 Å². The van der Waals surface area contributed by atoms with Crippen molar-refractivity contribution in [3.63, 3.8) is 0 Å². The average Bonchev–Trinajstić information content (AvgIpc) is 2.63. The van der Waals surface area contributed by atoms with Crippen molar-refractivity contribution in [3.8, 4) is 0 Å². The molecule has 0 bridgehead atoms. The largest absolute Gasteiger partial charge is 0.379 e. The zero-order chi connectivity index (χ0) is 10.6. The molecule has 1 aromatic heterocycles. The van der Waals surface area contributed by atoms with Gasteiger partial charge in [0.25, 0.3) is 0 Å². The van der Waals surface area contributed by atoms with Gasteiger partial charge in [0, 0.05) is 24.9 Å². The third kappa shape index (κ3) is 2.56. The molecule has 2 N–H and O–H groups in total. The Hall–Kier alpha value is -0.870. The second kappa shape index (κ2) is 4.57. The highest BCUT2D eigenvalue weighted by molar-refractivity contribution is 5.16. The summed E-state index contributed by atoms with van der Waals surface area (Å²) in [6.45, 7) is 8.05. The van der Waals surface area contributed by atoms with Gasteiger partial charge in [0.2, 0.25) is 0 Å². The minimum atomic E-state index is -0.441. The molecule has 4 heteroatoms. The lowest BCUT2D eigenvalue weighted by Gasteiger charge is -2.22. The van der Waals surface area contributed by atoms with Crippen molar-refractivity contribution in [2.45, 2.75) is 32.9 Å². The van der Waals surface area contributed by atoms with Gasteiger partial charge in [-0.3, -0.25) is 4.68 Å². The van der Waals surface area contributed by atoms with Crippen LogP contribution >= 0.6 is 0 Å². The molecule has 1 heterocycles. The van der Waals surface area contributed by atoms with Crippen molar-refractivity contribution in [1.82, 2.24) is 9.78 Å². The monoisotopic (exact) mass is 197 g/mol. The Balaban J connectivity index is 2.70. The first-order chi connectivity index (χ1) is 6.60. The van der Waals surface area contributed by atoms with Gasteiger partial charge in [-0.1, -0.05) is 0 Å². The maximum absolute atomic E-state index is 6.11. The van der Waals surface area contributed by atoms with E-state index in [9.17, 15) is 0 Å². The summed E-state index contributed by atoms with van der Waals surface area (Å²) < 4.78 is 7.20. The number of nitrogens with two attached hydrogens (primary N) is 1. The first-order valence-corrected chi connectivity index (χ1v) is 4.99. The van der Waals surface area contributed by atoms with Gasteiger partial charge in [0.15, 0.2) is 0 Å². The van der Waals surface area contributed by atoms with Gasteiger partial charge in [-0.25, -0.2) is 0 Å². The van der Waals surface area contributed by atoms with E-state index in [-0.39, 0.29) is 0 Å². The van der Waals surface area contributed by atoms with Crippen molar-refractivity contribution in [3.05, 3.63) is 18.0 Å². The Morgan fingerprint density at radius 2 is 2.29 bits per heavy atom. The molecule has 0 aromatic carbocycles. The molecule has 0 fully saturated rings. The lowest BCUT2D eigenvalue weighted by Crippen LogP contribution is -2.37. The third-order valence-corrected chi connectivity index (χ3v) is 2.22. The zero-order valence-electron chi connectivity index (χ0n) is 9.16. The predicted octanol–water partition coefficient (Wildman–Crippen LogP) is 1.11. The van der Waals surface area contributed by atoms with E-state index in [1.54, 1.807) is 0 Å². The highest BCUT2D eigenvalue weighted by atomic mass is 16.5. The summed E-state index contributed by atoms with van der Waals surface area (Å²) in [7, 11) is 0. The number of hydrogen-bond acceptors (Lipinski definition) is 3. The fraction of sp³-hybridized carbons (Fsp3) is 0.700. The topological polar surface area (TPSA) is 53.1 Å². The Morgan fingerprint density at radius 1 is 1.57 bits per heavy atom. The SMILES string of the molecule is CCOCC(C)(N)c1cnn(CC)c1. The molecule has 1 atom stereocenters. The highest BCUT2D eigenvalue weighted by Crippen LogP contribution is 2.17. The summed E-state index contributed by atoms with van der Waals surface area (Å²) in [6.07, 6.45) is 3.78. The molecule has 14 heavy (non-hydrogen) atoms. The highest BCUT2D eigenvalue weighted by Gasteiger charge is 2.22. The summed E-state index contributed by atoms with van der Waals surface area (Å²) in [4.78, 5) is 0. The van der Waals surface area contributed by atoms with Gasteiger partial charge in [-0.15, -0.1) is 0 Å². The molecule has 1 aromatic rings. The van der Waals surface area contributed by atoms with Crippen molar-refractivity contribution < 1.29 is 4.74 Å². The fourth-order valence-electron chi connectivity index (χ4n) is 1.23. The number of nitrogens with zero attached hydrogens (tertiary/aromatic N) is 2. The van der Waals surface area contributed by atoms with E-state index in [1.165, 1.54) is 0 Å². The number of hydrogen-bond donors (Lipinski definition) is 1. The van der Waals surface area contributed by atoms with Crippen LogP contribution in [0, 0.1) is 0 Å². The average molecular weight is 197 g/mol. The molecule has 0 saturated carbocycles. The molecule has 0 aliphatic carbocycles. The van der Waals surface area contributed by atoms with Crippen LogP contribution < -0.4 is 5.73 Å². The predicted molar refractivity (Wildman–Crippen MR) is 55.9 cm³/mol. The van der Waals surface area contributed by atoms with Gasteiger partial charge < -0.3 is 10.5 Å². The van der Waals surface area contributed by atoms with Crippen molar-refractivity contribution in [2.24, 2.45) is 5.73 Å². The summed E-state index contributed by atoms with van der Waals surface area (Å²) in [5.41, 5.74) is 6.69. The Kier molecular flexibility index (Phi) is 3.66. The van der Waals surface area contributed by atoms with Crippen LogP contribution in [0.2, 0.25) is 0 Å². The molecule has 0 spiro atoms. The number of rotatable bonds is 5. The molecule has 0 aliphatic rings. The van der Waals surface area contributed by atoms with E-state index < -0.39 is 5.54 Å². The summed E-state index contributed by atoms with van der Waals surface area (Å²) in [5.74, 6) is 0. The lowest BCUT2D eigenvalue weighted by atomic mass is 9.98. The van der Waals surface area contributed by atoms with Crippen LogP contribution in [-0.2, 0) is 16.8 Å². The van der Waals surface area contributed by atoms with Crippen LogP contribution in [0.25, 0.3) is 0 Å². The summed E-state index contributed by atoms with van der Waals surface area (Å²) >= 11 is 0. The number of aryl methyl sites for hydroxylation is 1. The van der Waals surface area contributed by atoms with E-state index in [0.29, 0.717) is 13.2 Å². The molecule has 0 aliphatic heterocycles. The molecule has 0 saturated heterocycles. The second-order valence-electron chi connectivity index (χ2n) is 3.64. The molecule has 4 nitrogen and oxygen atoms in total. The third-order valence-electron chi connectivity index (χ3n) is 2.22. The molecule has 1 unspecified atom stereocenters. The quantitative estimate of drug-likeness (QED) is 0.769. The van der Waals surface area contributed by atoms with Crippen LogP contribution in [0.15, 0.2) is 12.4 Å². The maximum atomic E-state index is 6.11. The molecule has 1 rings (SSSR count). The molecular formula is C10H19N3O. The zero-order valence-corrected chi connectivity index (χ0v) is 9.16. The van der Waals surface area contributed by atoms with Crippen LogP contribution in [0.4, 0.5) is 0 Å². The molecular weight excluding hydrogens is 178 g/mol. The minimum Gasteiger partial charge on any atom is -0.379 e. The van der Waals surface area contributed by atoms with Gasteiger partial charge in [0.05, 0.1) is 18.3 Å². The van der Waals surface area contributed by atoms with Gasteiger partial charge >= 0.3 is 0 Å². The van der Waals surface area contributed by atoms with E-state index in [4.69, 9.17) is 10.5 Å². The maximum Gasteiger partial charge on any atom is 0.0686 e. The smallest absolute Gasteiger partial charge is 0.0686 e. The van der Waals surface area contributed by atoms with Crippen LogP contribution in [-0.4, -0.2) is 23.0 Å². The summed E-state index contributed by atoms with van der Waals surface area (Å²) in [5, 5.41) is 4.19. The molecule has 0 radical (unpaired) electrons. The first kappa shape index (κ1) is 11.2. The number of aromatic nitrogens is 2. The van der Waals surface area contributed by atoms with Crippen molar-refractivity contribution in [2.75, 3.05) is 13.2 Å². The number of ether oxygens (including phenoxy) is 1. The van der Waals surface area contributed by atoms with Crippen molar-refractivity contribution in [1.29, 1.82) is 0 Å². The first-order valence-electron chi connectivity index (χ1n) is 4.99. The molecule has 80 valence electrons. The summed E-state index contributed by atoms with van der Waals surface area (Å²) in [6, 6.07) is 0. The minimum absolute atomic E-state index is 0.441. The standard InChI is InChI=1S/C10H19N3O/c1-4-13-7-9(6-12-13)10(3,11)8-14-5-2/h6-7H,4-5,8,11H2,1-3H3. The van der Waals surface area contributed by atoms with Crippen molar-refractivity contribution >= 4 is 0 Å². The normalized spacial score (nSPS) is 15.4. The van der Waals surface area contributed by atoms with Crippen LogP contribution in [0.5, 0.6) is 0 Å². The fourth-order valence-corrected chi connectivity index (χ4v) is 1.23. The van der Waals surface area contributed by atoms with Gasteiger partial charge in [-0.2, -0.15) is 5.10 Å². The Bertz CT molecular complexity index is 281. The van der Waals surface area contributed by atoms with Crippen LogP contribution in [0.3, 0.4) is 0 Å². The van der Waals surface area contributed by atoms with Gasteiger partial charge in [0.1, 0.15) is 0 Å². The van der Waals surface area contributed by atoms with Gasteiger partial charge in [-0.05, 0) is 20.8 Å². The van der Waals surface area contributed by atoms with E-state index in [2.05, 4.69) is 5.10 Å². The molecule has 0 amide bonds.